The van der Waals surface area contributed by atoms with Gasteiger partial charge in [-0.05, 0) is 16.3 Å². The Kier molecular flexibility index (Phi) is 3.15. The smallest absolute Gasteiger partial charge is 0.261 e. The average Bonchev–Trinajstić information content (AvgIpc) is 3.00. The standard InChI is InChI=1S/C17H14N2O2S/c20-15-14(16(21)19-8-9-22-17(19)18-15)10-12-6-3-5-11-4-1-2-7-13(11)12/h1-7,20H,8-10H2. The molecule has 0 unspecified atom stereocenters. The van der Waals surface area contributed by atoms with Gasteiger partial charge in [0.2, 0.25) is 5.88 Å². The highest BCUT2D eigenvalue weighted by atomic mass is 32.2. The van der Waals surface area contributed by atoms with E-state index >= 15 is 0 Å². The quantitative estimate of drug-likeness (QED) is 0.740. The van der Waals surface area contributed by atoms with E-state index in [-0.39, 0.29) is 11.4 Å². The van der Waals surface area contributed by atoms with Crippen LogP contribution >= 0.6 is 11.8 Å². The molecule has 0 amide bonds. The van der Waals surface area contributed by atoms with Crippen LogP contribution in [0.15, 0.2) is 52.4 Å². The van der Waals surface area contributed by atoms with Crippen LogP contribution in [0.4, 0.5) is 0 Å². The molecule has 0 fully saturated rings. The molecule has 1 N–H and O–H groups in total. The van der Waals surface area contributed by atoms with Crippen LogP contribution in [0.2, 0.25) is 0 Å². The average molecular weight is 310 g/mol. The number of hydrogen-bond acceptors (Lipinski definition) is 4. The van der Waals surface area contributed by atoms with Crippen LogP contribution < -0.4 is 5.56 Å². The van der Waals surface area contributed by atoms with Crippen molar-refractivity contribution < 1.29 is 5.11 Å². The maximum atomic E-state index is 12.6. The van der Waals surface area contributed by atoms with Crippen LogP contribution in [0.1, 0.15) is 11.1 Å². The van der Waals surface area contributed by atoms with Gasteiger partial charge in [-0.15, -0.1) is 0 Å². The van der Waals surface area contributed by atoms with Crippen LogP contribution in [-0.4, -0.2) is 20.4 Å². The van der Waals surface area contributed by atoms with Crippen molar-refractivity contribution in [1.29, 1.82) is 0 Å². The minimum absolute atomic E-state index is 0.125. The molecule has 0 atom stereocenters. The Morgan fingerprint density at radius 2 is 2.00 bits per heavy atom. The SMILES string of the molecule is O=c1c(Cc2cccc3ccccc23)c(O)nc2n1CCS2. The highest BCUT2D eigenvalue weighted by Gasteiger charge is 2.20. The number of aromatic nitrogens is 2. The molecule has 22 heavy (non-hydrogen) atoms. The molecule has 4 rings (SSSR count). The molecule has 2 heterocycles. The summed E-state index contributed by atoms with van der Waals surface area (Å²) in [7, 11) is 0. The predicted octanol–water partition coefficient (Wildman–Crippen LogP) is 2.80. The van der Waals surface area contributed by atoms with Crippen molar-refractivity contribution in [2.24, 2.45) is 0 Å². The zero-order valence-electron chi connectivity index (χ0n) is 11.8. The maximum Gasteiger partial charge on any atom is 0.261 e. The van der Waals surface area contributed by atoms with Gasteiger partial charge < -0.3 is 5.11 Å². The molecule has 1 aliphatic heterocycles. The Hall–Kier alpha value is -2.27. The lowest BCUT2D eigenvalue weighted by Gasteiger charge is -2.09. The Labute approximate surface area is 131 Å². The molecule has 110 valence electrons. The summed E-state index contributed by atoms with van der Waals surface area (Å²) in [6.45, 7) is 0.661. The molecule has 0 saturated carbocycles. The summed E-state index contributed by atoms with van der Waals surface area (Å²) in [6.07, 6.45) is 0.393. The number of aromatic hydroxyl groups is 1. The molecule has 0 radical (unpaired) electrons. The molecule has 1 aliphatic rings. The molecule has 0 saturated heterocycles. The fourth-order valence-electron chi connectivity index (χ4n) is 2.89. The van der Waals surface area contributed by atoms with Gasteiger partial charge in [0.1, 0.15) is 0 Å². The Balaban J connectivity index is 1.86. The minimum Gasteiger partial charge on any atom is -0.493 e. The van der Waals surface area contributed by atoms with E-state index in [1.54, 1.807) is 4.57 Å². The van der Waals surface area contributed by atoms with E-state index in [0.29, 0.717) is 23.7 Å². The topological polar surface area (TPSA) is 55.1 Å². The zero-order valence-corrected chi connectivity index (χ0v) is 12.6. The highest BCUT2D eigenvalue weighted by Crippen LogP contribution is 2.27. The third-order valence-corrected chi connectivity index (χ3v) is 4.96. The normalized spacial score (nSPS) is 13.5. The van der Waals surface area contributed by atoms with Crippen molar-refractivity contribution in [3.63, 3.8) is 0 Å². The van der Waals surface area contributed by atoms with Crippen molar-refractivity contribution in [3.8, 4) is 5.88 Å². The van der Waals surface area contributed by atoms with Gasteiger partial charge in [0.05, 0.1) is 5.56 Å². The summed E-state index contributed by atoms with van der Waals surface area (Å²) in [5.74, 6) is 0.693. The van der Waals surface area contributed by atoms with Crippen LogP contribution in [-0.2, 0) is 13.0 Å². The lowest BCUT2D eigenvalue weighted by Crippen LogP contribution is -2.24. The maximum absolute atomic E-state index is 12.6. The summed E-state index contributed by atoms with van der Waals surface area (Å²) in [5.41, 5.74) is 1.28. The van der Waals surface area contributed by atoms with E-state index in [2.05, 4.69) is 4.98 Å². The van der Waals surface area contributed by atoms with Gasteiger partial charge in [0.25, 0.3) is 5.56 Å². The second-order valence-corrected chi connectivity index (χ2v) is 6.38. The van der Waals surface area contributed by atoms with E-state index < -0.39 is 0 Å². The van der Waals surface area contributed by atoms with Gasteiger partial charge >= 0.3 is 0 Å². The molecule has 0 aliphatic carbocycles. The van der Waals surface area contributed by atoms with Gasteiger partial charge in [-0.2, -0.15) is 4.98 Å². The van der Waals surface area contributed by atoms with Gasteiger partial charge in [-0.25, -0.2) is 0 Å². The summed E-state index contributed by atoms with van der Waals surface area (Å²) >= 11 is 1.51. The van der Waals surface area contributed by atoms with Crippen LogP contribution in [0, 0.1) is 0 Å². The van der Waals surface area contributed by atoms with E-state index in [1.165, 1.54) is 11.8 Å². The number of rotatable bonds is 2. The number of hydrogen-bond donors (Lipinski definition) is 1. The summed E-state index contributed by atoms with van der Waals surface area (Å²) in [4.78, 5) is 16.7. The van der Waals surface area contributed by atoms with Crippen molar-refractivity contribution >= 4 is 22.5 Å². The molecule has 3 aromatic rings. The second kappa shape index (κ2) is 5.18. The Bertz CT molecular complexity index is 928. The number of fused-ring (bicyclic) bond motifs is 2. The molecule has 2 aromatic carbocycles. The van der Waals surface area contributed by atoms with Gasteiger partial charge in [-0.1, -0.05) is 54.2 Å². The third-order valence-electron chi connectivity index (χ3n) is 4.00. The van der Waals surface area contributed by atoms with E-state index in [4.69, 9.17) is 0 Å². The molecule has 1 aromatic heterocycles. The van der Waals surface area contributed by atoms with Crippen LogP contribution in [0.25, 0.3) is 10.8 Å². The zero-order chi connectivity index (χ0) is 15.1. The minimum atomic E-state index is -0.140. The first-order valence-corrected chi connectivity index (χ1v) is 8.15. The van der Waals surface area contributed by atoms with E-state index in [1.807, 2.05) is 42.5 Å². The predicted molar refractivity (Wildman–Crippen MR) is 87.6 cm³/mol. The molecule has 0 bridgehead atoms. The van der Waals surface area contributed by atoms with Crippen LogP contribution in [0.5, 0.6) is 5.88 Å². The molecular weight excluding hydrogens is 296 g/mol. The lowest BCUT2D eigenvalue weighted by atomic mass is 9.99. The summed E-state index contributed by atoms with van der Waals surface area (Å²) in [6, 6.07) is 14.1. The van der Waals surface area contributed by atoms with Crippen molar-refractivity contribution in [2.45, 2.75) is 18.1 Å². The van der Waals surface area contributed by atoms with Crippen molar-refractivity contribution in [1.82, 2.24) is 9.55 Å². The highest BCUT2D eigenvalue weighted by molar-refractivity contribution is 7.99. The Morgan fingerprint density at radius 1 is 1.18 bits per heavy atom. The first kappa shape index (κ1) is 13.4. The molecule has 4 nitrogen and oxygen atoms in total. The fourth-order valence-corrected chi connectivity index (χ4v) is 3.83. The van der Waals surface area contributed by atoms with Crippen molar-refractivity contribution in [3.05, 3.63) is 63.9 Å². The summed E-state index contributed by atoms with van der Waals surface area (Å²) < 4.78 is 1.66. The lowest BCUT2D eigenvalue weighted by molar-refractivity contribution is 0.428. The molecular formula is C17H14N2O2S. The first-order chi connectivity index (χ1) is 10.7. The van der Waals surface area contributed by atoms with Crippen LogP contribution in [0.3, 0.4) is 0 Å². The number of thioether (sulfide) groups is 1. The Morgan fingerprint density at radius 3 is 2.91 bits per heavy atom. The van der Waals surface area contributed by atoms with E-state index in [9.17, 15) is 9.90 Å². The largest absolute Gasteiger partial charge is 0.493 e. The van der Waals surface area contributed by atoms with Crippen molar-refractivity contribution in [2.75, 3.05) is 5.75 Å². The second-order valence-electron chi connectivity index (χ2n) is 5.32. The van der Waals surface area contributed by atoms with Gasteiger partial charge in [0, 0.05) is 18.7 Å². The fraction of sp³-hybridized carbons (Fsp3) is 0.176. The van der Waals surface area contributed by atoms with E-state index in [0.717, 1.165) is 22.1 Å². The molecule has 5 heteroatoms. The third kappa shape index (κ3) is 2.09. The van der Waals surface area contributed by atoms with Gasteiger partial charge in [0.15, 0.2) is 5.16 Å². The monoisotopic (exact) mass is 310 g/mol. The first-order valence-electron chi connectivity index (χ1n) is 7.16. The molecule has 0 spiro atoms. The number of benzene rings is 2. The summed E-state index contributed by atoms with van der Waals surface area (Å²) in [5, 5.41) is 13.0. The number of nitrogens with zero attached hydrogens (tertiary/aromatic N) is 2. The van der Waals surface area contributed by atoms with Gasteiger partial charge in [-0.3, -0.25) is 9.36 Å².